The zero-order valence-electron chi connectivity index (χ0n) is 32.0. The van der Waals surface area contributed by atoms with E-state index in [1.165, 1.54) is 116 Å². The molecule has 0 amide bonds. The molecular weight excluding hydrogens is 600 g/mol. The normalized spacial score (nSPS) is 12.0. The van der Waals surface area contributed by atoms with Crippen molar-refractivity contribution < 1.29 is 28.6 Å². The van der Waals surface area contributed by atoms with Gasteiger partial charge in [0.05, 0.1) is 0 Å². The third kappa shape index (κ3) is 35.5. The number of hydrogen-bond acceptors (Lipinski definition) is 6. The topological polar surface area (TPSA) is 78.9 Å². The van der Waals surface area contributed by atoms with Crippen LogP contribution >= 0.6 is 0 Å². The molecule has 48 heavy (non-hydrogen) atoms. The second kappa shape index (κ2) is 38.0. The second-order valence-electron chi connectivity index (χ2n) is 13.9. The van der Waals surface area contributed by atoms with Crippen molar-refractivity contribution in [3.63, 3.8) is 0 Å². The summed E-state index contributed by atoms with van der Waals surface area (Å²) in [6.07, 6.45) is 37.7. The first-order valence-electron chi connectivity index (χ1n) is 20.7. The third-order valence-corrected chi connectivity index (χ3v) is 9.02. The van der Waals surface area contributed by atoms with E-state index >= 15 is 0 Å². The Balaban J connectivity index is 4.30. The quantitative estimate of drug-likeness (QED) is 0.0282. The average Bonchev–Trinajstić information content (AvgIpc) is 3.08. The summed E-state index contributed by atoms with van der Waals surface area (Å²) in [4.78, 5) is 37.4. The van der Waals surface area contributed by atoms with Gasteiger partial charge in [-0.1, -0.05) is 168 Å². The molecule has 1 unspecified atom stereocenters. The fourth-order valence-corrected chi connectivity index (χ4v) is 5.85. The summed E-state index contributed by atoms with van der Waals surface area (Å²) in [5.41, 5.74) is 0. The van der Waals surface area contributed by atoms with E-state index in [1.807, 2.05) is 0 Å². The molecular formula is C42H78O6. The van der Waals surface area contributed by atoms with Crippen LogP contribution in [0.4, 0.5) is 0 Å². The van der Waals surface area contributed by atoms with E-state index in [9.17, 15) is 14.4 Å². The molecule has 0 aromatic carbocycles. The van der Waals surface area contributed by atoms with Crippen LogP contribution in [-0.4, -0.2) is 37.2 Å². The third-order valence-electron chi connectivity index (χ3n) is 9.02. The van der Waals surface area contributed by atoms with Gasteiger partial charge in [-0.05, 0) is 44.9 Å². The molecule has 0 radical (unpaired) electrons. The molecule has 6 nitrogen and oxygen atoms in total. The van der Waals surface area contributed by atoms with Crippen molar-refractivity contribution in [1.29, 1.82) is 0 Å². The lowest BCUT2D eigenvalue weighted by Gasteiger charge is -2.18. The van der Waals surface area contributed by atoms with Gasteiger partial charge in [-0.25, -0.2) is 0 Å². The molecule has 0 fully saturated rings. The Morgan fingerprint density at radius 1 is 0.396 bits per heavy atom. The average molecular weight is 679 g/mol. The Morgan fingerprint density at radius 3 is 1.04 bits per heavy atom. The molecule has 1 atom stereocenters. The molecule has 282 valence electrons. The standard InChI is InChI=1S/C42H78O6/c1-4-7-10-13-16-18-19-20-21-22-24-26-29-32-35-41(44)47-38-39(37-46-40(43)34-31-28-25-15-12-9-6-3)48-42(45)36-33-30-27-23-17-14-11-8-5-2/h19-20,39H,4-18,21-38H2,1-3H3/b20-19-. The molecule has 6 heteroatoms. The van der Waals surface area contributed by atoms with Crippen LogP contribution in [0, 0.1) is 0 Å². The lowest BCUT2D eigenvalue weighted by atomic mass is 10.1. The van der Waals surface area contributed by atoms with Gasteiger partial charge in [0.2, 0.25) is 0 Å². The van der Waals surface area contributed by atoms with Gasteiger partial charge in [-0.3, -0.25) is 14.4 Å². The Hall–Kier alpha value is -1.85. The van der Waals surface area contributed by atoms with Gasteiger partial charge in [0.15, 0.2) is 6.10 Å². The van der Waals surface area contributed by atoms with Crippen molar-refractivity contribution in [3.05, 3.63) is 12.2 Å². The van der Waals surface area contributed by atoms with Crippen LogP contribution in [0.3, 0.4) is 0 Å². The molecule has 0 bridgehead atoms. The number of ether oxygens (including phenoxy) is 3. The number of unbranched alkanes of at least 4 members (excludes halogenated alkanes) is 24. The first kappa shape index (κ1) is 46.1. The molecule has 0 aliphatic carbocycles. The summed E-state index contributed by atoms with van der Waals surface area (Å²) >= 11 is 0. The smallest absolute Gasteiger partial charge is 0.306 e. The van der Waals surface area contributed by atoms with Gasteiger partial charge in [-0.15, -0.1) is 0 Å². The fourth-order valence-electron chi connectivity index (χ4n) is 5.85. The first-order chi connectivity index (χ1) is 23.5. The molecule has 0 N–H and O–H groups in total. The molecule has 0 aliphatic rings. The molecule has 0 aliphatic heterocycles. The van der Waals surface area contributed by atoms with Gasteiger partial charge >= 0.3 is 17.9 Å². The maximum absolute atomic E-state index is 12.6. The molecule has 0 aromatic rings. The van der Waals surface area contributed by atoms with Gasteiger partial charge < -0.3 is 14.2 Å². The number of rotatable bonds is 37. The van der Waals surface area contributed by atoms with Crippen molar-refractivity contribution in [2.24, 2.45) is 0 Å². The minimum Gasteiger partial charge on any atom is -0.462 e. The predicted molar refractivity (Wildman–Crippen MR) is 201 cm³/mol. The molecule has 0 heterocycles. The maximum atomic E-state index is 12.6. The molecule has 0 rings (SSSR count). The van der Waals surface area contributed by atoms with Crippen molar-refractivity contribution in [2.75, 3.05) is 13.2 Å². The lowest BCUT2D eigenvalue weighted by molar-refractivity contribution is -0.167. The van der Waals surface area contributed by atoms with Crippen molar-refractivity contribution in [1.82, 2.24) is 0 Å². The molecule has 0 saturated heterocycles. The van der Waals surface area contributed by atoms with Crippen molar-refractivity contribution >= 4 is 17.9 Å². The number of carbonyl (C=O) groups is 3. The van der Waals surface area contributed by atoms with Crippen LogP contribution in [0.15, 0.2) is 12.2 Å². The number of allylic oxidation sites excluding steroid dienone is 2. The van der Waals surface area contributed by atoms with E-state index in [4.69, 9.17) is 14.2 Å². The Morgan fingerprint density at radius 2 is 0.688 bits per heavy atom. The Labute approximate surface area is 297 Å². The summed E-state index contributed by atoms with van der Waals surface area (Å²) in [5.74, 6) is -0.886. The van der Waals surface area contributed by atoms with Crippen LogP contribution in [0.25, 0.3) is 0 Å². The van der Waals surface area contributed by atoms with Crippen LogP contribution in [0.2, 0.25) is 0 Å². The summed E-state index contributed by atoms with van der Waals surface area (Å²) in [5, 5.41) is 0. The van der Waals surface area contributed by atoms with E-state index in [0.29, 0.717) is 19.3 Å². The minimum atomic E-state index is -0.762. The molecule has 0 saturated carbocycles. The van der Waals surface area contributed by atoms with Gasteiger partial charge in [0.1, 0.15) is 13.2 Å². The van der Waals surface area contributed by atoms with Crippen molar-refractivity contribution in [2.45, 2.75) is 226 Å². The summed E-state index contributed by atoms with van der Waals surface area (Å²) in [7, 11) is 0. The zero-order valence-corrected chi connectivity index (χ0v) is 32.0. The van der Waals surface area contributed by atoms with Crippen LogP contribution < -0.4 is 0 Å². The number of hydrogen-bond donors (Lipinski definition) is 0. The van der Waals surface area contributed by atoms with E-state index in [0.717, 1.165) is 64.2 Å². The van der Waals surface area contributed by atoms with E-state index in [1.54, 1.807) is 0 Å². The Kier molecular flexibility index (Phi) is 36.5. The van der Waals surface area contributed by atoms with Gasteiger partial charge in [0, 0.05) is 19.3 Å². The molecule has 0 spiro atoms. The largest absolute Gasteiger partial charge is 0.462 e. The van der Waals surface area contributed by atoms with E-state index in [2.05, 4.69) is 32.9 Å². The Bertz CT molecular complexity index is 748. The summed E-state index contributed by atoms with van der Waals surface area (Å²) in [6, 6.07) is 0. The molecule has 0 aromatic heterocycles. The zero-order chi connectivity index (χ0) is 35.2. The minimum absolute atomic E-state index is 0.0700. The van der Waals surface area contributed by atoms with E-state index in [-0.39, 0.29) is 31.1 Å². The van der Waals surface area contributed by atoms with Crippen LogP contribution in [0.5, 0.6) is 0 Å². The highest BCUT2D eigenvalue weighted by Crippen LogP contribution is 2.14. The van der Waals surface area contributed by atoms with Gasteiger partial charge in [0.25, 0.3) is 0 Å². The SMILES string of the molecule is CCCCCCC/C=C\CCCCCCCC(=O)OCC(COC(=O)CCCCCCCCC)OC(=O)CCCCCCCCCCC. The van der Waals surface area contributed by atoms with Gasteiger partial charge in [-0.2, -0.15) is 0 Å². The highest BCUT2D eigenvalue weighted by atomic mass is 16.6. The fraction of sp³-hybridized carbons (Fsp3) is 0.881. The van der Waals surface area contributed by atoms with Crippen molar-refractivity contribution in [3.8, 4) is 0 Å². The second-order valence-corrected chi connectivity index (χ2v) is 13.9. The summed E-state index contributed by atoms with van der Waals surface area (Å²) in [6.45, 7) is 6.55. The number of carbonyl (C=O) groups excluding carboxylic acids is 3. The number of esters is 3. The van der Waals surface area contributed by atoms with E-state index < -0.39 is 6.10 Å². The van der Waals surface area contributed by atoms with Crippen LogP contribution in [0.1, 0.15) is 220 Å². The first-order valence-corrected chi connectivity index (χ1v) is 20.7. The lowest BCUT2D eigenvalue weighted by Crippen LogP contribution is -2.30. The van der Waals surface area contributed by atoms with Crippen LogP contribution in [-0.2, 0) is 28.6 Å². The highest BCUT2D eigenvalue weighted by Gasteiger charge is 2.19. The maximum Gasteiger partial charge on any atom is 0.306 e. The predicted octanol–water partition coefficient (Wildman–Crippen LogP) is 12.7. The highest BCUT2D eigenvalue weighted by molar-refractivity contribution is 5.71. The monoisotopic (exact) mass is 679 g/mol. The summed E-state index contributed by atoms with van der Waals surface area (Å²) < 4.78 is 16.6.